The molecule has 0 aliphatic heterocycles. The van der Waals surface area contributed by atoms with E-state index in [-0.39, 0.29) is 0 Å². The van der Waals surface area contributed by atoms with Gasteiger partial charge in [-0.25, -0.2) is 9.97 Å². The second-order valence-corrected chi connectivity index (χ2v) is 11.3. The van der Waals surface area contributed by atoms with Crippen LogP contribution in [0.1, 0.15) is 0 Å². The molecule has 9 rings (SSSR count). The number of pyridine rings is 3. The number of fused-ring (bicyclic) bond motifs is 6. The first kappa shape index (κ1) is 25.4. The van der Waals surface area contributed by atoms with Crippen molar-refractivity contribution in [3.05, 3.63) is 158 Å². The van der Waals surface area contributed by atoms with Gasteiger partial charge in [-0.2, -0.15) is 0 Å². The third-order valence-electron chi connectivity index (χ3n) is 8.66. The van der Waals surface area contributed by atoms with Crippen LogP contribution in [0.25, 0.3) is 83.1 Å². The minimum Gasteiger partial charge on any atom is -0.298 e. The van der Waals surface area contributed by atoms with Crippen LogP contribution in [-0.2, 0) is 0 Å². The quantitative estimate of drug-likeness (QED) is 0.196. The summed E-state index contributed by atoms with van der Waals surface area (Å²) < 4.78 is 2.11. The number of hydrogen-bond donors (Lipinski definition) is 0. The van der Waals surface area contributed by atoms with E-state index >= 15 is 0 Å². The van der Waals surface area contributed by atoms with Crippen LogP contribution in [0.2, 0.25) is 0 Å². The Labute approximate surface area is 259 Å². The predicted molar refractivity (Wildman–Crippen MR) is 185 cm³/mol. The molecule has 4 heterocycles. The molecule has 0 N–H and O–H groups in total. The lowest BCUT2D eigenvalue weighted by Gasteiger charge is -2.13. The van der Waals surface area contributed by atoms with Crippen LogP contribution in [0.5, 0.6) is 0 Å². The largest absolute Gasteiger partial charge is 0.298 e. The molecule has 4 heteroatoms. The molecule has 0 aliphatic carbocycles. The average molecular weight is 575 g/mol. The first-order valence-electron chi connectivity index (χ1n) is 15.1. The Balaban J connectivity index is 1.16. The van der Waals surface area contributed by atoms with Gasteiger partial charge in [-0.05, 0) is 58.3 Å². The van der Waals surface area contributed by atoms with Crippen molar-refractivity contribution in [3.8, 4) is 45.0 Å². The second kappa shape index (κ2) is 10.2. The smallest absolute Gasteiger partial charge is 0.137 e. The van der Waals surface area contributed by atoms with E-state index in [9.17, 15) is 0 Å². The number of rotatable bonds is 4. The maximum Gasteiger partial charge on any atom is 0.137 e. The van der Waals surface area contributed by atoms with Gasteiger partial charge < -0.3 is 0 Å². The molecule has 0 atom stereocenters. The number of nitrogens with zero attached hydrogens (tertiary/aromatic N) is 4. The average Bonchev–Trinajstić information content (AvgIpc) is 3.51. The molecule has 0 aliphatic rings. The first-order valence-corrected chi connectivity index (χ1v) is 15.1. The lowest BCUT2D eigenvalue weighted by atomic mass is 9.93. The molecule has 0 unspecified atom stereocenters. The summed E-state index contributed by atoms with van der Waals surface area (Å²) in [6.45, 7) is 0. The zero-order chi connectivity index (χ0) is 29.7. The Morgan fingerprint density at radius 2 is 1.20 bits per heavy atom. The topological polar surface area (TPSA) is 43.1 Å². The van der Waals surface area contributed by atoms with E-state index in [2.05, 4.69) is 113 Å². The number of aromatic nitrogens is 4. The van der Waals surface area contributed by atoms with Crippen LogP contribution in [0.4, 0.5) is 0 Å². The summed E-state index contributed by atoms with van der Waals surface area (Å²) in [7, 11) is 0. The lowest BCUT2D eigenvalue weighted by Crippen LogP contribution is -1.91. The van der Waals surface area contributed by atoms with Crippen molar-refractivity contribution < 1.29 is 0 Å². The highest BCUT2D eigenvalue weighted by Crippen LogP contribution is 2.39. The standard InChI is InChI=1S/C41H26N4/c1-2-10-28(11-3-1)39-34-23-21-31-26-30(20-22-32(31)38(34)33-12-4-5-13-35(33)43-39)27-16-18-29(19-17-27)40-41(36-14-6-8-24-42-36)45-25-9-7-15-37(45)44-40/h1-26H. The highest BCUT2D eigenvalue weighted by atomic mass is 15.0. The van der Waals surface area contributed by atoms with Crippen LogP contribution in [0.3, 0.4) is 0 Å². The Kier molecular flexibility index (Phi) is 5.78. The lowest BCUT2D eigenvalue weighted by molar-refractivity contribution is 1.17. The Bertz CT molecular complexity index is 2520. The van der Waals surface area contributed by atoms with Crippen molar-refractivity contribution in [2.24, 2.45) is 0 Å². The highest BCUT2D eigenvalue weighted by Gasteiger charge is 2.17. The van der Waals surface area contributed by atoms with Crippen molar-refractivity contribution in [1.82, 2.24) is 19.4 Å². The molecule has 0 spiro atoms. The molecule has 4 aromatic heterocycles. The fourth-order valence-corrected chi connectivity index (χ4v) is 6.54. The van der Waals surface area contributed by atoms with Gasteiger partial charge in [0.05, 0.1) is 28.3 Å². The molecule has 4 nitrogen and oxygen atoms in total. The molecule has 0 bridgehead atoms. The van der Waals surface area contributed by atoms with Crippen LogP contribution in [-0.4, -0.2) is 19.4 Å². The summed E-state index contributed by atoms with van der Waals surface area (Å²) in [5.74, 6) is 0. The zero-order valence-corrected chi connectivity index (χ0v) is 24.3. The fourth-order valence-electron chi connectivity index (χ4n) is 6.54. The van der Waals surface area contributed by atoms with Crippen molar-refractivity contribution in [1.29, 1.82) is 0 Å². The van der Waals surface area contributed by atoms with E-state index in [1.807, 2.05) is 54.9 Å². The minimum atomic E-state index is 0.898. The normalized spacial score (nSPS) is 11.6. The van der Waals surface area contributed by atoms with Gasteiger partial charge in [0.1, 0.15) is 5.65 Å². The Morgan fingerprint density at radius 1 is 0.467 bits per heavy atom. The van der Waals surface area contributed by atoms with Gasteiger partial charge in [0.25, 0.3) is 0 Å². The molecule has 0 radical (unpaired) electrons. The molecule has 0 saturated carbocycles. The molecule has 9 aromatic rings. The van der Waals surface area contributed by atoms with Crippen molar-refractivity contribution in [2.45, 2.75) is 0 Å². The molecule has 5 aromatic carbocycles. The predicted octanol–water partition coefficient (Wildman–Crippen LogP) is 10.3. The maximum absolute atomic E-state index is 5.11. The molecule has 210 valence electrons. The summed E-state index contributed by atoms with van der Waals surface area (Å²) in [5, 5.41) is 6.02. The number of imidazole rings is 1. The number of benzene rings is 5. The van der Waals surface area contributed by atoms with E-state index in [1.54, 1.807) is 0 Å². The van der Waals surface area contributed by atoms with Crippen LogP contribution >= 0.6 is 0 Å². The van der Waals surface area contributed by atoms with Crippen molar-refractivity contribution >= 4 is 38.1 Å². The first-order chi connectivity index (χ1) is 22.3. The molecule has 45 heavy (non-hydrogen) atoms. The summed E-state index contributed by atoms with van der Waals surface area (Å²) in [6.07, 6.45) is 3.88. The SMILES string of the molecule is c1ccc(-c2nc3ccccc3c3c2ccc2cc(-c4ccc(-c5nc6ccccn6c5-c5ccccn5)cc4)ccc23)cc1. The van der Waals surface area contributed by atoms with E-state index in [1.165, 1.54) is 32.5 Å². The van der Waals surface area contributed by atoms with E-state index in [0.717, 1.165) is 50.6 Å². The molecular weight excluding hydrogens is 548 g/mol. The minimum absolute atomic E-state index is 0.898. The summed E-state index contributed by atoms with van der Waals surface area (Å²) in [5.41, 5.74) is 10.3. The Hall–Kier alpha value is -6.13. The van der Waals surface area contributed by atoms with Gasteiger partial charge in [0, 0.05) is 39.7 Å². The monoisotopic (exact) mass is 574 g/mol. The summed E-state index contributed by atoms with van der Waals surface area (Å²) in [4.78, 5) is 14.8. The van der Waals surface area contributed by atoms with Gasteiger partial charge in [0.2, 0.25) is 0 Å². The Morgan fingerprint density at radius 3 is 2.07 bits per heavy atom. The van der Waals surface area contributed by atoms with Crippen molar-refractivity contribution in [2.75, 3.05) is 0 Å². The second-order valence-electron chi connectivity index (χ2n) is 11.3. The highest BCUT2D eigenvalue weighted by molar-refractivity contribution is 6.22. The number of para-hydroxylation sites is 1. The van der Waals surface area contributed by atoms with Gasteiger partial charge in [-0.15, -0.1) is 0 Å². The summed E-state index contributed by atoms with van der Waals surface area (Å²) in [6, 6.07) is 51.0. The van der Waals surface area contributed by atoms with Gasteiger partial charge in [-0.1, -0.05) is 109 Å². The molecule has 0 amide bonds. The van der Waals surface area contributed by atoms with E-state index in [0.29, 0.717) is 0 Å². The third kappa shape index (κ3) is 4.19. The fraction of sp³-hybridized carbons (Fsp3) is 0. The van der Waals surface area contributed by atoms with Crippen LogP contribution in [0.15, 0.2) is 158 Å². The molecular formula is C41H26N4. The zero-order valence-electron chi connectivity index (χ0n) is 24.3. The van der Waals surface area contributed by atoms with E-state index in [4.69, 9.17) is 9.97 Å². The molecule has 0 fully saturated rings. The maximum atomic E-state index is 5.11. The van der Waals surface area contributed by atoms with E-state index < -0.39 is 0 Å². The van der Waals surface area contributed by atoms with Gasteiger partial charge in [-0.3, -0.25) is 9.38 Å². The van der Waals surface area contributed by atoms with Crippen LogP contribution in [0, 0.1) is 0 Å². The van der Waals surface area contributed by atoms with Gasteiger partial charge >= 0.3 is 0 Å². The van der Waals surface area contributed by atoms with Gasteiger partial charge in [0.15, 0.2) is 0 Å². The number of hydrogen-bond acceptors (Lipinski definition) is 3. The third-order valence-corrected chi connectivity index (χ3v) is 8.66. The molecule has 0 saturated heterocycles. The summed E-state index contributed by atoms with van der Waals surface area (Å²) >= 11 is 0. The van der Waals surface area contributed by atoms with Crippen molar-refractivity contribution in [3.63, 3.8) is 0 Å². The van der Waals surface area contributed by atoms with Crippen LogP contribution < -0.4 is 0 Å².